The maximum absolute atomic E-state index is 12.4. The Morgan fingerprint density at radius 3 is 2.56 bits per heavy atom. The molecule has 2 aromatic rings. The van der Waals surface area contributed by atoms with Gasteiger partial charge in [-0.25, -0.2) is 18.2 Å². The number of nitrogens with one attached hydrogen (secondary N) is 1. The van der Waals surface area contributed by atoms with Gasteiger partial charge in [-0.1, -0.05) is 11.6 Å². The van der Waals surface area contributed by atoms with Crippen LogP contribution in [0.3, 0.4) is 0 Å². The van der Waals surface area contributed by atoms with Crippen molar-refractivity contribution >= 4 is 50.4 Å². The summed E-state index contributed by atoms with van der Waals surface area (Å²) in [7, 11) is -0.0148. The first-order valence-corrected chi connectivity index (χ1v) is 10.7. The summed E-state index contributed by atoms with van der Waals surface area (Å²) < 4.78 is 27.5. The molecule has 8 nitrogen and oxygen atoms in total. The topological polar surface area (TPSA) is 103 Å². The third kappa shape index (κ3) is 5.55. The number of aromatic carboxylic acids is 1. The molecule has 0 radical (unpaired) electrons. The number of halogens is 1. The van der Waals surface area contributed by atoms with Crippen molar-refractivity contribution in [2.24, 2.45) is 0 Å². The summed E-state index contributed by atoms with van der Waals surface area (Å²) in [5, 5.41) is 9.56. The van der Waals surface area contributed by atoms with Crippen LogP contribution >= 0.6 is 22.9 Å². The molecule has 0 unspecified atom stereocenters. The van der Waals surface area contributed by atoms with Gasteiger partial charge in [-0.15, -0.1) is 11.3 Å². The van der Waals surface area contributed by atoms with E-state index in [1.807, 2.05) is 30.8 Å². The number of pyridine rings is 1. The number of sulfonamides is 1. The fraction of sp³-hybridized carbons (Fsp3) is 0.375. The Labute approximate surface area is 167 Å². The molecule has 148 valence electrons. The van der Waals surface area contributed by atoms with Gasteiger partial charge in [0.25, 0.3) is 10.0 Å². The number of thiophene rings is 1. The van der Waals surface area contributed by atoms with E-state index in [-0.39, 0.29) is 15.5 Å². The van der Waals surface area contributed by atoms with Crippen molar-refractivity contribution in [2.45, 2.75) is 11.1 Å². The Morgan fingerprint density at radius 1 is 1.33 bits per heavy atom. The fourth-order valence-electron chi connectivity index (χ4n) is 2.30. The van der Waals surface area contributed by atoms with Gasteiger partial charge in [-0.05, 0) is 39.2 Å². The number of carboxylic acid groups (broad SMARTS) is 1. The summed E-state index contributed by atoms with van der Waals surface area (Å²) >= 11 is 6.70. The van der Waals surface area contributed by atoms with E-state index in [9.17, 15) is 18.3 Å². The van der Waals surface area contributed by atoms with Gasteiger partial charge < -0.3 is 14.9 Å². The largest absolute Gasteiger partial charge is 0.478 e. The van der Waals surface area contributed by atoms with Crippen LogP contribution in [0.1, 0.15) is 17.3 Å². The summed E-state index contributed by atoms with van der Waals surface area (Å²) in [5.74, 6) is -0.880. The third-order valence-electron chi connectivity index (χ3n) is 3.66. The first-order chi connectivity index (χ1) is 12.6. The summed E-state index contributed by atoms with van der Waals surface area (Å²) in [6, 6.07) is 4.14. The number of anilines is 2. The first kappa shape index (κ1) is 21.4. The Bertz CT molecular complexity index is 915. The Balaban J connectivity index is 2.33. The minimum absolute atomic E-state index is 0.0367. The number of nitrogens with zero attached hydrogens (tertiary/aromatic N) is 3. The van der Waals surface area contributed by atoms with Gasteiger partial charge in [0.15, 0.2) is 0 Å². The molecule has 0 aliphatic carbocycles. The maximum atomic E-state index is 12.4. The molecule has 0 spiro atoms. The predicted molar refractivity (Wildman–Crippen MR) is 108 cm³/mol. The highest BCUT2D eigenvalue weighted by atomic mass is 35.5. The minimum atomic E-state index is -3.86. The van der Waals surface area contributed by atoms with Gasteiger partial charge in [0, 0.05) is 19.6 Å². The molecule has 0 fully saturated rings. The molecule has 2 rings (SSSR count). The second kappa shape index (κ2) is 8.87. The third-order valence-corrected chi connectivity index (χ3v) is 6.77. The number of carbonyl (C=O) groups is 1. The second-order valence-corrected chi connectivity index (χ2v) is 9.57. The Kier molecular flexibility index (Phi) is 7.04. The van der Waals surface area contributed by atoms with E-state index >= 15 is 0 Å². The van der Waals surface area contributed by atoms with Crippen LogP contribution in [0.4, 0.5) is 11.5 Å². The molecule has 0 saturated carbocycles. The quantitative estimate of drug-likeness (QED) is 0.627. The van der Waals surface area contributed by atoms with Gasteiger partial charge in [0.1, 0.15) is 15.6 Å². The van der Waals surface area contributed by atoms with Crippen LogP contribution in [0.2, 0.25) is 4.34 Å². The number of rotatable bonds is 9. The number of carboxylic acids is 1. The zero-order valence-corrected chi connectivity index (χ0v) is 17.5. The van der Waals surface area contributed by atoms with E-state index in [0.717, 1.165) is 17.9 Å². The molecular weight excluding hydrogens is 412 g/mol. The molecule has 2 N–H and O–H groups in total. The van der Waals surface area contributed by atoms with Crippen LogP contribution in [0, 0.1) is 0 Å². The van der Waals surface area contributed by atoms with Crippen LogP contribution in [0.15, 0.2) is 28.6 Å². The van der Waals surface area contributed by atoms with Crippen molar-refractivity contribution in [1.29, 1.82) is 0 Å². The lowest BCUT2D eigenvalue weighted by Gasteiger charge is -2.25. The normalized spacial score (nSPS) is 11.6. The van der Waals surface area contributed by atoms with E-state index in [1.165, 1.54) is 24.4 Å². The van der Waals surface area contributed by atoms with Crippen molar-refractivity contribution in [2.75, 3.05) is 43.4 Å². The lowest BCUT2D eigenvalue weighted by atomic mass is 10.2. The fourth-order valence-corrected chi connectivity index (χ4v) is 4.82. The molecule has 0 saturated heterocycles. The lowest BCUT2D eigenvalue weighted by Crippen LogP contribution is -2.33. The first-order valence-electron chi connectivity index (χ1n) is 8.05. The number of aromatic nitrogens is 1. The highest BCUT2D eigenvalue weighted by Crippen LogP contribution is 2.28. The van der Waals surface area contributed by atoms with Gasteiger partial charge >= 0.3 is 5.97 Å². The smallest absolute Gasteiger partial charge is 0.339 e. The molecule has 0 atom stereocenters. The molecule has 2 aromatic heterocycles. The standard InChI is InChI=1S/C16H21ClN4O4S2/c1-4-21(8-7-20(2)3)15-12(16(22)23)9-11(10-18-15)19-27(24,25)14-6-5-13(17)26-14/h5-6,9-10,19H,4,7-8H2,1-3H3,(H,22,23). The van der Waals surface area contributed by atoms with Crippen LogP contribution in [0.25, 0.3) is 0 Å². The number of likely N-dealkylation sites (N-methyl/N-ethyl adjacent to an activating group) is 2. The molecule has 0 aromatic carbocycles. The van der Waals surface area contributed by atoms with Crippen LogP contribution in [0.5, 0.6) is 0 Å². The molecule has 0 aliphatic rings. The average Bonchev–Trinajstić information content (AvgIpc) is 3.03. The van der Waals surface area contributed by atoms with Crippen molar-refractivity contribution in [1.82, 2.24) is 9.88 Å². The maximum Gasteiger partial charge on any atom is 0.339 e. The molecule has 2 heterocycles. The van der Waals surface area contributed by atoms with Crippen molar-refractivity contribution in [3.8, 4) is 0 Å². The molecule has 0 aliphatic heterocycles. The second-order valence-electron chi connectivity index (χ2n) is 5.95. The van der Waals surface area contributed by atoms with Crippen LogP contribution < -0.4 is 9.62 Å². The van der Waals surface area contributed by atoms with Crippen molar-refractivity contribution in [3.05, 3.63) is 34.3 Å². The van der Waals surface area contributed by atoms with E-state index in [1.54, 1.807) is 0 Å². The summed E-state index contributed by atoms with van der Waals surface area (Å²) in [4.78, 5) is 19.7. The molecule has 0 bridgehead atoms. The van der Waals surface area contributed by atoms with Gasteiger partial charge in [0.05, 0.1) is 16.2 Å². The zero-order chi connectivity index (χ0) is 20.2. The highest BCUT2D eigenvalue weighted by molar-refractivity contribution is 7.94. The molecule has 11 heteroatoms. The van der Waals surface area contributed by atoms with Gasteiger partial charge in [-0.2, -0.15) is 0 Å². The number of hydrogen-bond acceptors (Lipinski definition) is 7. The Morgan fingerprint density at radius 2 is 2.04 bits per heavy atom. The average molecular weight is 433 g/mol. The monoisotopic (exact) mass is 432 g/mol. The summed E-state index contributed by atoms with van der Waals surface area (Å²) in [5.41, 5.74) is 0.00403. The highest BCUT2D eigenvalue weighted by Gasteiger charge is 2.21. The minimum Gasteiger partial charge on any atom is -0.478 e. The Hall–Kier alpha value is -1.88. The molecular formula is C16H21ClN4O4S2. The van der Waals surface area contributed by atoms with Crippen LogP contribution in [-0.4, -0.2) is 63.1 Å². The predicted octanol–water partition coefficient (Wildman–Crippen LogP) is 2.68. The summed E-state index contributed by atoms with van der Waals surface area (Å²) in [6.45, 7) is 3.79. The van der Waals surface area contributed by atoms with Gasteiger partial charge in [-0.3, -0.25) is 4.72 Å². The van der Waals surface area contributed by atoms with E-state index < -0.39 is 16.0 Å². The summed E-state index contributed by atoms with van der Waals surface area (Å²) in [6.07, 6.45) is 1.31. The van der Waals surface area contributed by atoms with E-state index in [2.05, 4.69) is 9.71 Å². The molecule has 27 heavy (non-hydrogen) atoms. The van der Waals surface area contributed by atoms with Crippen molar-refractivity contribution < 1.29 is 18.3 Å². The van der Waals surface area contributed by atoms with E-state index in [4.69, 9.17) is 11.6 Å². The number of hydrogen-bond donors (Lipinski definition) is 2. The lowest BCUT2D eigenvalue weighted by molar-refractivity contribution is 0.0697. The van der Waals surface area contributed by atoms with Crippen LogP contribution in [-0.2, 0) is 10.0 Å². The van der Waals surface area contributed by atoms with Crippen molar-refractivity contribution in [3.63, 3.8) is 0 Å². The SMILES string of the molecule is CCN(CCN(C)C)c1ncc(NS(=O)(=O)c2ccc(Cl)s2)cc1C(=O)O. The van der Waals surface area contributed by atoms with Gasteiger partial charge in [0.2, 0.25) is 0 Å². The molecule has 0 amide bonds. The zero-order valence-electron chi connectivity index (χ0n) is 15.1. The van der Waals surface area contributed by atoms with E-state index in [0.29, 0.717) is 23.2 Å².